The van der Waals surface area contributed by atoms with Gasteiger partial charge in [-0.05, 0) is 36.4 Å². The number of methoxy groups -OCH3 is 1. The third kappa shape index (κ3) is 4.22. The summed E-state index contributed by atoms with van der Waals surface area (Å²) in [6, 6.07) is 15.3. The number of hydrogen-bond donors (Lipinski definition) is 0. The van der Waals surface area contributed by atoms with Crippen LogP contribution >= 0.6 is 12.4 Å². The van der Waals surface area contributed by atoms with Crippen molar-refractivity contribution in [3.63, 3.8) is 0 Å². The van der Waals surface area contributed by atoms with E-state index in [2.05, 4.69) is 21.7 Å². The number of hydrogen-bond acceptors (Lipinski definition) is 4. The van der Waals surface area contributed by atoms with Crippen molar-refractivity contribution in [3.05, 3.63) is 65.9 Å². The first-order valence-electron chi connectivity index (χ1n) is 9.33. The van der Waals surface area contributed by atoms with E-state index in [-0.39, 0.29) is 18.2 Å². The number of fused-ring (bicyclic) bond motifs is 1. The molecular weight excluding hydrogens is 376 g/mol. The van der Waals surface area contributed by atoms with E-state index in [1.165, 1.54) is 0 Å². The lowest BCUT2D eigenvalue weighted by Crippen LogP contribution is -2.38. The predicted molar refractivity (Wildman–Crippen MR) is 113 cm³/mol. The van der Waals surface area contributed by atoms with Crippen LogP contribution in [0.25, 0.3) is 10.9 Å². The number of ketones is 1. The first-order valence-corrected chi connectivity index (χ1v) is 9.33. The Morgan fingerprint density at radius 1 is 1.04 bits per heavy atom. The van der Waals surface area contributed by atoms with Gasteiger partial charge in [-0.3, -0.25) is 9.69 Å². The molecule has 1 fully saturated rings. The fraction of sp³-hybridized carbons (Fsp3) is 0.318. The molecule has 0 saturated carbocycles. The smallest absolute Gasteiger partial charge is 0.193 e. The molecule has 0 spiro atoms. The number of carbonyl (C=O) groups is 1. The van der Waals surface area contributed by atoms with Crippen molar-refractivity contribution in [1.82, 2.24) is 9.47 Å². The quantitative estimate of drug-likeness (QED) is 0.592. The van der Waals surface area contributed by atoms with Gasteiger partial charge in [-0.2, -0.15) is 0 Å². The maximum atomic E-state index is 13.0. The zero-order valence-electron chi connectivity index (χ0n) is 16.0. The number of morpholine rings is 1. The van der Waals surface area contributed by atoms with Crippen LogP contribution in [0.5, 0.6) is 5.75 Å². The molecule has 1 aliphatic heterocycles. The van der Waals surface area contributed by atoms with Crippen LogP contribution in [-0.2, 0) is 11.3 Å². The highest BCUT2D eigenvalue weighted by Crippen LogP contribution is 2.24. The van der Waals surface area contributed by atoms with Gasteiger partial charge in [0.15, 0.2) is 5.78 Å². The first kappa shape index (κ1) is 20.4. The van der Waals surface area contributed by atoms with E-state index in [0.29, 0.717) is 5.56 Å². The van der Waals surface area contributed by atoms with Crippen LogP contribution in [-0.4, -0.2) is 55.2 Å². The highest BCUT2D eigenvalue weighted by atomic mass is 35.5. The molecule has 0 radical (unpaired) electrons. The van der Waals surface area contributed by atoms with Crippen molar-refractivity contribution in [2.75, 3.05) is 40.0 Å². The average molecular weight is 401 g/mol. The van der Waals surface area contributed by atoms with Crippen LogP contribution in [0, 0.1) is 0 Å². The summed E-state index contributed by atoms with van der Waals surface area (Å²) in [6.07, 6.45) is 2.08. The van der Waals surface area contributed by atoms with Gasteiger partial charge in [-0.15, -0.1) is 12.4 Å². The third-order valence-corrected chi connectivity index (χ3v) is 5.17. The van der Waals surface area contributed by atoms with Crippen LogP contribution in [0.2, 0.25) is 0 Å². The SMILES string of the molecule is COc1ccc(C(=O)c2cccc3c2ccn3CCN2CCOCC2)cc1.Cl. The normalized spacial score (nSPS) is 14.6. The number of rotatable bonds is 6. The number of aromatic nitrogens is 1. The summed E-state index contributed by atoms with van der Waals surface area (Å²) in [5, 5.41) is 1.00. The number of carbonyl (C=O) groups excluding carboxylic acids is 1. The van der Waals surface area contributed by atoms with Crippen LogP contribution in [0.3, 0.4) is 0 Å². The Kier molecular flexibility index (Phi) is 6.73. The van der Waals surface area contributed by atoms with E-state index in [1.54, 1.807) is 7.11 Å². The number of halogens is 1. The Labute approximate surface area is 171 Å². The number of ether oxygens (including phenoxy) is 2. The van der Waals surface area contributed by atoms with E-state index in [9.17, 15) is 4.79 Å². The zero-order chi connectivity index (χ0) is 18.6. The van der Waals surface area contributed by atoms with E-state index >= 15 is 0 Å². The van der Waals surface area contributed by atoms with E-state index in [0.717, 1.165) is 61.6 Å². The van der Waals surface area contributed by atoms with Crippen molar-refractivity contribution in [2.24, 2.45) is 0 Å². The Morgan fingerprint density at radius 3 is 2.50 bits per heavy atom. The Balaban J connectivity index is 0.00000225. The molecule has 1 saturated heterocycles. The molecule has 4 rings (SSSR count). The number of nitrogens with zero attached hydrogens (tertiary/aromatic N) is 2. The van der Waals surface area contributed by atoms with Gasteiger partial charge in [0.2, 0.25) is 0 Å². The Morgan fingerprint density at radius 2 is 1.79 bits per heavy atom. The molecule has 0 amide bonds. The summed E-state index contributed by atoms with van der Waals surface area (Å²) >= 11 is 0. The number of benzene rings is 2. The van der Waals surface area contributed by atoms with Gasteiger partial charge in [0.05, 0.1) is 20.3 Å². The van der Waals surface area contributed by atoms with Gasteiger partial charge in [-0.1, -0.05) is 12.1 Å². The molecule has 0 unspecified atom stereocenters. The molecule has 2 aromatic carbocycles. The van der Waals surface area contributed by atoms with E-state index < -0.39 is 0 Å². The molecule has 28 heavy (non-hydrogen) atoms. The molecule has 5 nitrogen and oxygen atoms in total. The van der Waals surface area contributed by atoms with Crippen molar-refractivity contribution in [3.8, 4) is 5.75 Å². The molecule has 0 atom stereocenters. The second-order valence-electron chi connectivity index (χ2n) is 6.76. The maximum Gasteiger partial charge on any atom is 0.193 e. The van der Waals surface area contributed by atoms with Gasteiger partial charge in [0.1, 0.15) is 5.75 Å². The fourth-order valence-electron chi connectivity index (χ4n) is 3.59. The van der Waals surface area contributed by atoms with Crippen molar-refractivity contribution in [1.29, 1.82) is 0 Å². The van der Waals surface area contributed by atoms with Crippen LogP contribution in [0.15, 0.2) is 54.7 Å². The van der Waals surface area contributed by atoms with Gasteiger partial charge in [-0.25, -0.2) is 0 Å². The molecular formula is C22H25ClN2O3. The third-order valence-electron chi connectivity index (χ3n) is 5.17. The molecule has 3 aromatic rings. The molecule has 1 aromatic heterocycles. The van der Waals surface area contributed by atoms with Crippen LogP contribution in [0.1, 0.15) is 15.9 Å². The minimum Gasteiger partial charge on any atom is -0.497 e. The summed E-state index contributed by atoms with van der Waals surface area (Å²) in [5.74, 6) is 0.785. The van der Waals surface area contributed by atoms with Gasteiger partial charge in [0.25, 0.3) is 0 Å². The topological polar surface area (TPSA) is 43.7 Å². The second kappa shape index (κ2) is 9.24. The fourth-order valence-corrected chi connectivity index (χ4v) is 3.59. The standard InChI is InChI=1S/C22H24N2O3.ClH/c1-26-18-7-5-17(6-8-18)22(25)20-3-2-4-21-19(20)9-10-24(21)12-11-23-13-15-27-16-14-23;/h2-10H,11-16H2,1H3;1H. The summed E-state index contributed by atoms with van der Waals surface area (Å²) in [7, 11) is 1.62. The summed E-state index contributed by atoms with van der Waals surface area (Å²) < 4.78 is 12.8. The molecule has 6 heteroatoms. The van der Waals surface area contributed by atoms with Gasteiger partial charge in [0, 0.05) is 54.4 Å². The van der Waals surface area contributed by atoms with Crippen molar-refractivity contribution < 1.29 is 14.3 Å². The highest BCUT2D eigenvalue weighted by Gasteiger charge is 2.15. The lowest BCUT2D eigenvalue weighted by molar-refractivity contribution is 0.0365. The van der Waals surface area contributed by atoms with Crippen molar-refractivity contribution in [2.45, 2.75) is 6.54 Å². The van der Waals surface area contributed by atoms with E-state index in [4.69, 9.17) is 9.47 Å². The Bertz CT molecular complexity index is 931. The summed E-state index contributed by atoms with van der Waals surface area (Å²) in [6.45, 7) is 5.49. The summed E-state index contributed by atoms with van der Waals surface area (Å²) in [4.78, 5) is 15.4. The van der Waals surface area contributed by atoms with Crippen LogP contribution < -0.4 is 4.74 Å². The first-order chi connectivity index (χ1) is 13.3. The van der Waals surface area contributed by atoms with Gasteiger partial charge < -0.3 is 14.0 Å². The zero-order valence-corrected chi connectivity index (χ0v) is 16.8. The molecule has 148 valence electrons. The summed E-state index contributed by atoms with van der Waals surface area (Å²) in [5.41, 5.74) is 2.51. The lowest BCUT2D eigenvalue weighted by atomic mass is 10.00. The highest BCUT2D eigenvalue weighted by molar-refractivity contribution is 6.16. The molecule has 2 heterocycles. The Hall–Kier alpha value is -2.34. The van der Waals surface area contributed by atoms with Gasteiger partial charge >= 0.3 is 0 Å². The lowest BCUT2D eigenvalue weighted by Gasteiger charge is -2.26. The monoisotopic (exact) mass is 400 g/mol. The predicted octanol–water partition coefficient (Wildman–Crippen LogP) is 3.63. The average Bonchev–Trinajstić information content (AvgIpc) is 3.16. The molecule has 1 aliphatic rings. The minimum absolute atomic E-state index is 0. The minimum atomic E-state index is 0. The molecule has 0 N–H and O–H groups in total. The van der Waals surface area contributed by atoms with E-state index in [1.807, 2.05) is 42.5 Å². The molecule has 0 aliphatic carbocycles. The molecule has 0 bridgehead atoms. The maximum absolute atomic E-state index is 13.0. The van der Waals surface area contributed by atoms with Crippen molar-refractivity contribution >= 4 is 29.1 Å². The van der Waals surface area contributed by atoms with Crippen LogP contribution in [0.4, 0.5) is 0 Å². The largest absolute Gasteiger partial charge is 0.497 e. The second-order valence-corrected chi connectivity index (χ2v) is 6.76.